The third-order valence-electron chi connectivity index (χ3n) is 4.94. The summed E-state index contributed by atoms with van der Waals surface area (Å²) in [5.74, 6) is 0.493. The summed E-state index contributed by atoms with van der Waals surface area (Å²) in [6, 6.07) is 0. The Morgan fingerprint density at radius 2 is 2.06 bits per heavy atom. The molecule has 0 aromatic heterocycles. The molecular weight excluding hydrogens is 200 g/mol. The number of allylic oxidation sites excluding steroid dienone is 1. The largest absolute Gasteiger partial charge is 0.388 e. The quantitative estimate of drug-likeness (QED) is 0.693. The van der Waals surface area contributed by atoms with Crippen molar-refractivity contribution in [1.29, 1.82) is 0 Å². The van der Waals surface area contributed by atoms with Crippen LogP contribution in [0, 0.1) is 16.7 Å². The predicted octanol–water partition coefficient (Wildman–Crippen LogP) is 2.71. The van der Waals surface area contributed by atoms with Gasteiger partial charge in [0.2, 0.25) is 0 Å². The van der Waals surface area contributed by atoms with E-state index in [1.807, 2.05) is 6.08 Å². The van der Waals surface area contributed by atoms with Crippen LogP contribution in [0.1, 0.15) is 46.5 Å². The Labute approximate surface area is 97.7 Å². The second kappa shape index (κ2) is 3.69. The van der Waals surface area contributed by atoms with Gasteiger partial charge in [-0.3, -0.25) is 4.79 Å². The first-order chi connectivity index (χ1) is 7.42. The van der Waals surface area contributed by atoms with Gasteiger partial charge in [0.05, 0.1) is 6.10 Å². The molecule has 0 radical (unpaired) electrons. The van der Waals surface area contributed by atoms with Crippen LogP contribution in [-0.2, 0) is 4.79 Å². The van der Waals surface area contributed by atoms with Crippen molar-refractivity contribution < 1.29 is 9.90 Å². The second-order valence-corrected chi connectivity index (χ2v) is 6.36. The SMILES string of the molecule is CC1(C)CCC[C@]2(C)[C@H](O)C(C=O)=CC[C@@H]12. The third-order valence-corrected chi connectivity index (χ3v) is 4.94. The zero-order chi connectivity index (χ0) is 12.0. The normalized spacial score (nSPS) is 42.1. The van der Waals surface area contributed by atoms with Gasteiger partial charge in [-0.15, -0.1) is 0 Å². The number of rotatable bonds is 1. The van der Waals surface area contributed by atoms with Gasteiger partial charge in [0.25, 0.3) is 0 Å². The van der Waals surface area contributed by atoms with Crippen molar-refractivity contribution in [2.24, 2.45) is 16.7 Å². The van der Waals surface area contributed by atoms with Gasteiger partial charge in [-0.05, 0) is 30.6 Å². The Bertz CT molecular complexity index is 330. The first-order valence-corrected chi connectivity index (χ1v) is 6.25. The Morgan fingerprint density at radius 3 is 2.69 bits per heavy atom. The first-order valence-electron chi connectivity index (χ1n) is 6.25. The first kappa shape index (κ1) is 11.8. The summed E-state index contributed by atoms with van der Waals surface area (Å²) in [6.45, 7) is 6.74. The number of carbonyl (C=O) groups excluding carboxylic acids is 1. The maximum absolute atomic E-state index is 10.9. The van der Waals surface area contributed by atoms with Crippen LogP contribution in [-0.4, -0.2) is 17.5 Å². The van der Waals surface area contributed by atoms with E-state index >= 15 is 0 Å². The summed E-state index contributed by atoms with van der Waals surface area (Å²) in [5, 5.41) is 10.4. The Balaban J connectivity index is 2.39. The fourth-order valence-corrected chi connectivity index (χ4v) is 3.94. The Kier molecular flexibility index (Phi) is 2.73. The molecule has 0 saturated heterocycles. The number of hydrogen-bond donors (Lipinski definition) is 1. The lowest BCUT2D eigenvalue weighted by Crippen LogP contribution is -2.51. The molecule has 2 heteroatoms. The summed E-state index contributed by atoms with van der Waals surface area (Å²) in [7, 11) is 0. The molecule has 16 heavy (non-hydrogen) atoms. The van der Waals surface area contributed by atoms with Crippen LogP contribution in [0.15, 0.2) is 11.6 Å². The second-order valence-electron chi connectivity index (χ2n) is 6.36. The van der Waals surface area contributed by atoms with Crippen LogP contribution in [0.4, 0.5) is 0 Å². The van der Waals surface area contributed by atoms with Crippen LogP contribution in [0.5, 0.6) is 0 Å². The molecule has 2 nitrogen and oxygen atoms in total. The summed E-state index contributed by atoms with van der Waals surface area (Å²) < 4.78 is 0. The van der Waals surface area contributed by atoms with Gasteiger partial charge < -0.3 is 5.11 Å². The van der Waals surface area contributed by atoms with Crippen molar-refractivity contribution in [1.82, 2.24) is 0 Å². The smallest absolute Gasteiger partial charge is 0.148 e. The monoisotopic (exact) mass is 222 g/mol. The molecule has 1 fully saturated rings. The van der Waals surface area contributed by atoms with E-state index in [9.17, 15) is 9.90 Å². The number of aliphatic hydroxyl groups is 1. The third kappa shape index (κ3) is 1.55. The fourth-order valence-electron chi connectivity index (χ4n) is 3.94. The molecule has 0 aromatic rings. The van der Waals surface area contributed by atoms with Crippen LogP contribution in [0.25, 0.3) is 0 Å². The van der Waals surface area contributed by atoms with Crippen molar-refractivity contribution in [2.45, 2.75) is 52.6 Å². The molecule has 1 N–H and O–H groups in total. The van der Waals surface area contributed by atoms with Crippen molar-refractivity contribution >= 4 is 6.29 Å². The summed E-state index contributed by atoms with van der Waals surface area (Å²) in [4.78, 5) is 10.9. The summed E-state index contributed by atoms with van der Waals surface area (Å²) >= 11 is 0. The average Bonchev–Trinajstić information content (AvgIpc) is 2.20. The van der Waals surface area contributed by atoms with Gasteiger partial charge in [0, 0.05) is 11.0 Å². The van der Waals surface area contributed by atoms with Crippen LogP contribution in [0.3, 0.4) is 0 Å². The van der Waals surface area contributed by atoms with Gasteiger partial charge in [-0.1, -0.05) is 33.3 Å². The van der Waals surface area contributed by atoms with Gasteiger partial charge in [0.15, 0.2) is 0 Å². The standard InChI is InChI=1S/C14H22O2/c1-13(2)7-4-8-14(3)11(13)6-5-10(9-15)12(14)16/h5,9,11-12,16H,4,6-8H2,1-3H3/t11-,12+,14-/m0/s1. The fraction of sp³-hybridized carbons (Fsp3) is 0.786. The minimum atomic E-state index is -0.566. The molecular formula is C14H22O2. The highest BCUT2D eigenvalue weighted by atomic mass is 16.3. The number of fused-ring (bicyclic) bond motifs is 1. The van der Waals surface area contributed by atoms with Crippen LogP contribution >= 0.6 is 0 Å². The summed E-state index contributed by atoms with van der Waals surface area (Å²) in [5.41, 5.74) is 0.766. The highest BCUT2D eigenvalue weighted by Crippen LogP contribution is 2.57. The predicted molar refractivity (Wildman–Crippen MR) is 64.0 cm³/mol. The van der Waals surface area contributed by atoms with E-state index in [0.29, 0.717) is 11.5 Å². The van der Waals surface area contributed by atoms with Crippen molar-refractivity contribution in [2.75, 3.05) is 0 Å². The maximum Gasteiger partial charge on any atom is 0.148 e. The zero-order valence-electron chi connectivity index (χ0n) is 10.5. The molecule has 1 saturated carbocycles. The van der Waals surface area contributed by atoms with E-state index in [1.165, 1.54) is 6.42 Å². The lowest BCUT2D eigenvalue weighted by Gasteiger charge is -2.54. The van der Waals surface area contributed by atoms with Gasteiger partial charge in [-0.2, -0.15) is 0 Å². The minimum Gasteiger partial charge on any atom is -0.388 e. The van der Waals surface area contributed by atoms with Crippen LogP contribution < -0.4 is 0 Å². The van der Waals surface area contributed by atoms with Gasteiger partial charge in [0.1, 0.15) is 6.29 Å². The molecule has 0 spiro atoms. The van der Waals surface area contributed by atoms with Crippen molar-refractivity contribution in [3.05, 3.63) is 11.6 Å². The van der Waals surface area contributed by atoms with E-state index in [4.69, 9.17) is 0 Å². The molecule has 0 aliphatic heterocycles. The molecule has 0 amide bonds. The Hall–Kier alpha value is -0.630. The zero-order valence-corrected chi connectivity index (χ0v) is 10.5. The maximum atomic E-state index is 10.9. The molecule has 0 bridgehead atoms. The van der Waals surface area contributed by atoms with Crippen molar-refractivity contribution in [3.8, 4) is 0 Å². The molecule has 0 unspecified atom stereocenters. The molecule has 0 aromatic carbocycles. The minimum absolute atomic E-state index is 0.104. The van der Waals surface area contributed by atoms with Crippen molar-refractivity contribution in [3.63, 3.8) is 0 Å². The van der Waals surface area contributed by atoms with E-state index in [1.54, 1.807) is 0 Å². The molecule has 3 atom stereocenters. The van der Waals surface area contributed by atoms with Gasteiger partial charge in [-0.25, -0.2) is 0 Å². The topological polar surface area (TPSA) is 37.3 Å². The molecule has 2 rings (SSSR count). The van der Waals surface area contributed by atoms with E-state index in [2.05, 4.69) is 20.8 Å². The number of aldehydes is 1. The lowest BCUT2D eigenvalue weighted by molar-refractivity contribution is -0.111. The molecule has 2 aliphatic rings. The number of carbonyl (C=O) groups is 1. The molecule has 2 aliphatic carbocycles. The molecule has 0 heterocycles. The molecule has 90 valence electrons. The lowest BCUT2D eigenvalue weighted by atomic mass is 9.51. The highest BCUT2D eigenvalue weighted by molar-refractivity contribution is 5.75. The summed E-state index contributed by atoms with van der Waals surface area (Å²) in [6.07, 6.45) is 6.56. The van der Waals surface area contributed by atoms with Crippen LogP contribution in [0.2, 0.25) is 0 Å². The number of aliphatic hydroxyl groups excluding tert-OH is 1. The Morgan fingerprint density at radius 1 is 1.38 bits per heavy atom. The number of hydrogen-bond acceptors (Lipinski definition) is 2. The van der Waals surface area contributed by atoms with E-state index in [-0.39, 0.29) is 10.8 Å². The average molecular weight is 222 g/mol. The van der Waals surface area contributed by atoms with E-state index in [0.717, 1.165) is 25.5 Å². The van der Waals surface area contributed by atoms with E-state index < -0.39 is 6.10 Å². The van der Waals surface area contributed by atoms with Gasteiger partial charge >= 0.3 is 0 Å². The highest BCUT2D eigenvalue weighted by Gasteiger charge is 2.52.